The average molecular weight is 313 g/mol. The van der Waals surface area contributed by atoms with Gasteiger partial charge in [0.25, 0.3) is 5.91 Å². The summed E-state index contributed by atoms with van der Waals surface area (Å²) < 4.78 is 5.59. The second-order valence-corrected chi connectivity index (χ2v) is 6.51. The van der Waals surface area contributed by atoms with E-state index in [-0.39, 0.29) is 17.9 Å². The highest BCUT2D eigenvalue weighted by Crippen LogP contribution is 2.34. The van der Waals surface area contributed by atoms with Crippen LogP contribution in [0.3, 0.4) is 0 Å². The van der Waals surface area contributed by atoms with Gasteiger partial charge in [0.1, 0.15) is 5.75 Å². The molecule has 0 saturated carbocycles. The fourth-order valence-corrected chi connectivity index (χ4v) is 3.37. The molecule has 0 unspecified atom stereocenters. The molecule has 5 nitrogen and oxygen atoms in total. The molecule has 1 atom stereocenters. The van der Waals surface area contributed by atoms with Crippen molar-refractivity contribution in [1.82, 2.24) is 15.1 Å². The molecule has 1 amide bonds. The van der Waals surface area contributed by atoms with Crippen LogP contribution in [0.25, 0.3) is 0 Å². The number of ether oxygens (including phenoxy) is 1. The lowest BCUT2D eigenvalue weighted by atomic mass is 9.77. The number of carbonyl (C=O) groups excluding carboxylic acids is 1. The summed E-state index contributed by atoms with van der Waals surface area (Å²) in [4.78, 5) is 14.4. The molecule has 0 aliphatic carbocycles. The molecule has 1 saturated heterocycles. The number of amides is 1. The normalized spacial score (nSPS) is 21.2. The molecular formula is C18H23N3O2. The summed E-state index contributed by atoms with van der Waals surface area (Å²) in [6, 6.07) is 9.46. The van der Waals surface area contributed by atoms with Crippen LogP contribution in [0.1, 0.15) is 31.0 Å². The van der Waals surface area contributed by atoms with Crippen molar-refractivity contribution < 1.29 is 9.53 Å². The van der Waals surface area contributed by atoms with E-state index in [1.165, 1.54) is 0 Å². The first-order valence-electron chi connectivity index (χ1n) is 8.04. The van der Waals surface area contributed by atoms with E-state index < -0.39 is 0 Å². The van der Waals surface area contributed by atoms with E-state index >= 15 is 0 Å². The monoisotopic (exact) mass is 313 g/mol. The molecule has 0 radical (unpaired) electrons. The number of rotatable bonds is 4. The molecule has 2 aromatic rings. The first-order valence-corrected chi connectivity index (χ1v) is 8.04. The van der Waals surface area contributed by atoms with E-state index in [4.69, 9.17) is 4.74 Å². The molecule has 122 valence electrons. The maximum Gasteiger partial charge on any atom is 0.260 e. The number of para-hydroxylation sites is 1. The van der Waals surface area contributed by atoms with Crippen LogP contribution >= 0.6 is 0 Å². The van der Waals surface area contributed by atoms with Crippen molar-refractivity contribution in [1.29, 1.82) is 0 Å². The zero-order valence-electron chi connectivity index (χ0n) is 13.7. The molecule has 1 aliphatic heterocycles. The molecule has 1 fully saturated rings. The first-order chi connectivity index (χ1) is 11.1. The van der Waals surface area contributed by atoms with Gasteiger partial charge in [-0.3, -0.25) is 9.89 Å². The van der Waals surface area contributed by atoms with E-state index in [2.05, 4.69) is 24.0 Å². The van der Waals surface area contributed by atoms with Gasteiger partial charge in [0.15, 0.2) is 6.61 Å². The summed E-state index contributed by atoms with van der Waals surface area (Å²) in [5.74, 6) is 0.766. The van der Waals surface area contributed by atoms with Gasteiger partial charge in [0.05, 0.1) is 6.20 Å². The van der Waals surface area contributed by atoms with Crippen molar-refractivity contribution in [3.63, 3.8) is 0 Å². The Kier molecular flexibility index (Phi) is 4.37. The highest BCUT2D eigenvalue weighted by Gasteiger charge is 2.36. The van der Waals surface area contributed by atoms with Gasteiger partial charge in [0.2, 0.25) is 0 Å². The average Bonchev–Trinajstić information content (AvgIpc) is 3.00. The second-order valence-electron chi connectivity index (χ2n) is 6.51. The Morgan fingerprint density at radius 3 is 2.87 bits per heavy atom. The first kappa shape index (κ1) is 15.6. The number of hydrogen-bond donors (Lipinski definition) is 1. The van der Waals surface area contributed by atoms with Crippen LogP contribution in [0.5, 0.6) is 5.75 Å². The molecule has 3 rings (SSSR count). The number of aromatic nitrogens is 2. The van der Waals surface area contributed by atoms with Crippen LogP contribution < -0.4 is 4.74 Å². The Morgan fingerprint density at radius 1 is 1.39 bits per heavy atom. The third kappa shape index (κ3) is 3.38. The minimum Gasteiger partial charge on any atom is -0.484 e. The highest BCUT2D eigenvalue weighted by molar-refractivity contribution is 5.78. The maximum atomic E-state index is 12.5. The predicted octanol–water partition coefficient (Wildman–Crippen LogP) is 2.68. The Morgan fingerprint density at radius 2 is 2.17 bits per heavy atom. The quantitative estimate of drug-likeness (QED) is 0.944. The fourth-order valence-electron chi connectivity index (χ4n) is 3.37. The Balaban J connectivity index is 1.64. The Hall–Kier alpha value is -2.30. The number of nitrogens with one attached hydrogen (secondary N) is 1. The molecule has 5 heteroatoms. The molecule has 2 heterocycles. The molecule has 1 aliphatic rings. The topological polar surface area (TPSA) is 58.2 Å². The maximum absolute atomic E-state index is 12.5. The second kappa shape index (κ2) is 6.44. The Bertz CT molecular complexity index is 668. The minimum atomic E-state index is -0.0682. The van der Waals surface area contributed by atoms with Crippen molar-refractivity contribution in [2.45, 2.75) is 32.1 Å². The number of piperidine rings is 1. The van der Waals surface area contributed by atoms with E-state index in [1.54, 1.807) is 0 Å². The summed E-state index contributed by atoms with van der Waals surface area (Å²) in [5.41, 5.74) is 2.22. The molecule has 23 heavy (non-hydrogen) atoms. The van der Waals surface area contributed by atoms with Crippen LogP contribution in [0.2, 0.25) is 0 Å². The third-order valence-corrected chi connectivity index (χ3v) is 4.59. The number of H-pyrrole nitrogens is 1. The van der Waals surface area contributed by atoms with Crippen LogP contribution in [-0.4, -0.2) is 40.7 Å². The summed E-state index contributed by atoms with van der Waals surface area (Å²) in [5, 5.41) is 7.25. The van der Waals surface area contributed by atoms with E-state index in [0.717, 1.165) is 36.4 Å². The van der Waals surface area contributed by atoms with Gasteiger partial charge in [-0.1, -0.05) is 25.1 Å². The van der Waals surface area contributed by atoms with Gasteiger partial charge >= 0.3 is 0 Å². The predicted molar refractivity (Wildman–Crippen MR) is 88.4 cm³/mol. The number of aryl methyl sites for hydroxylation is 1. The molecule has 0 spiro atoms. The van der Waals surface area contributed by atoms with Crippen LogP contribution in [0, 0.1) is 6.92 Å². The molecular weight excluding hydrogens is 290 g/mol. The number of hydrogen-bond acceptors (Lipinski definition) is 3. The summed E-state index contributed by atoms with van der Waals surface area (Å²) in [7, 11) is 0. The molecule has 1 aromatic heterocycles. The van der Waals surface area contributed by atoms with Gasteiger partial charge in [-0.15, -0.1) is 0 Å². The number of nitrogens with zero attached hydrogens (tertiary/aromatic N) is 2. The largest absolute Gasteiger partial charge is 0.484 e. The SMILES string of the molecule is Cc1cn[nH]c1[C@@]1(C)CCCN(C(=O)COc2ccccc2)C1. The lowest BCUT2D eigenvalue weighted by molar-refractivity contribution is -0.135. The summed E-state index contributed by atoms with van der Waals surface area (Å²) in [6.45, 7) is 5.84. The minimum absolute atomic E-state index is 0.0388. The zero-order valence-corrected chi connectivity index (χ0v) is 13.7. The lowest BCUT2D eigenvalue weighted by Crippen LogP contribution is -2.48. The van der Waals surface area contributed by atoms with Crippen LogP contribution in [0.15, 0.2) is 36.5 Å². The van der Waals surface area contributed by atoms with Gasteiger partial charge in [-0.05, 0) is 37.5 Å². The van der Waals surface area contributed by atoms with E-state index in [1.807, 2.05) is 41.4 Å². The Labute approximate surface area is 136 Å². The number of likely N-dealkylation sites (tertiary alicyclic amines) is 1. The standard InChI is InChI=1S/C18H23N3O2/c1-14-11-19-20-17(14)18(2)9-6-10-21(13-18)16(22)12-23-15-7-4-3-5-8-15/h3-5,7-8,11H,6,9-10,12-13H2,1-2H3,(H,19,20)/t18-/m0/s1. The molecule has 1 aromatic carbocycles. The third-order valence-electron chi connectivity index (χ3n) is 4.59. The van der Waals surface area contributed by atoms with Crippen molar-refractivity contribution in [3.8, 4) is 5.75 Å². The summed E-state index contributed by atoms with van der Waals surface area (Å²) >= 11 is 0. The number of benzene rings is 1. The number of carbonyl (C=O) groups is 1. The van der Waals surface area contributed by atoms with Crippen LogP contribution in [0.4, 0.5) is 0 Å². The number of aromatic amines is 1. The lowest BCUT2D eigenvalue weighted by Gasteiger charge is -2.40. The van der Waals surface area contributed by atoms with E-state index in [9.17, 15) is 4.79 Å². The van der Waals surface area contributed by atoms with Crippen molar-refractivity contribution >= 4 is 5.91 Å². The van der Waals surface area contributed by atoms with Gasteiger partial charge < -0.3 is 9.64 Å². The van der Waals surface area contributed by atoms with Crippen molar-refractivity contribution in [2.75, 3.05) is 19.7 Å². The van der Waals surface area contributed by atoms with E-state index in [0.29, 0.717) is 6.54 Å². The van der Waals surface area contributed by atoms with Gasteiger partial charge in [-0.2, -0.15) is 5.10 Å². The van der Waals surface area contributed by atoms with Gasteiger partial charge in [-0.25, -0.2) is 0 Å². The van der Waals surface area contributed by atoms with Crippen LogP contribution in [-0.2, 0) is 10.2 Å². The highest BCUT2D eigenvalue weighted by atomic mass is 16.5. The molecule has 0 bridgehead atoms. The fraction of sp³-hybridized carbons (Fsp3) is 0.444. The van der Waals surface area contributed by atoms with Gasteiger partial charge in [0, 0.05) is 24.2 Å². The molecule has 1 N–H and O–H groups in total. The zero-order chi connectivity index (χ0) is 16.3. The smallest absolute Gasteiger partial charge is 0.260 e. The summed E-state index contributed by atoms with van der Waals surface area (Å²) in [6.07, 6.45) is 3.89. The van der Waals surface area contributed by atoms with Crippen molar-refractivity contribution in [2.24, 2.45) is 0 Å². The van der Waals surface area contributed by atoms with Crippen molar-refractivity contribution in [3.05, 3.63) is 47.8 Å².